The lowest BCUT2D eigenvalue weighted by Gasteiger charge is -2.27. The second-order valence-corrected chi connectivity index (χ2v) is 5.38. The number of hydrogen-bond donors (Lipinski definition) is 2. The summed E-state index contributed by atoms with van der Waals surface area (Å²) in [7, 11) is 0. The van der Waals surface area contributed by atoms with E-state index in [2.05, 4.69) is 9.97 Å². The zero-order valence-corrected chi connectivity index (χ0v) is 13.3. The van der Waals surface area contributed by atoms with E-state index in [1.54, 1.807) is 44.4 Å². The Kier molecular flexibility index (Phi) is 4.07. The molecule has 1 unspecified atom stereocenters. The van der Waals surface area contributed by atoms with E-state index in [0.29, 0.717) is 22.6 Å². The number of ether oxygens (including phenoxy) is 2. The molecule has 3 N–H and O–H groups in total. The maximum atomic E-state index is 12.5. The van der Waals surface area contributed by atoms with Gasteiger partial charge in [0.1, 0.15) is 11.3 Å². The molecular formula is C17H17N3O4. The molecule has 124 valence electrons. The van der Waals surface area contributed by atoms with Crippen molar-refractivity contribution < 1.29 is 14.3 Å². The predicted molar refractivity (Wildman–Crippen MR) is 86.4 cm³/mol. The Morgan fingerprint density at radius 3 is 2.96 bits per heavy atom. The van der Waals surface area contributed by atoms with Crippen LogP contribution >= 0.6 is 0 Å². The van der Waals surface area contributed by atoms with Gasteiger partial charge in [-0.15, -0.1) is 0 Å². The van der Waals surface area contributed by atoms with Crippen molar-refractivity contribution >= 4 is 5.97 Å². The fraction of sp³-hybridized carbons (Fsp3) is 0.235. The van der Waals surface area contributed by atoms with E-state index in [0.717, 1.165) is 0 Å². The van der Waals surface area contributed by atoms with Crippen molar-refractivity contribution in [1.82, 2.24) is 9.97 Å². The molecule has 2 aromatic heterocycles. The molecule has 7 heteroatoms. The molecule has 3 heterocycles. The predicted octanol–water partition coefficient (Wildman–Crippen LogP) is 1.34. The zero-order valence-electron chi connectivity index (χ0n) is 13.3. The average molecular weight is 327 g/mol. The molecule has 0 fully saturated rings. The summed E-state index contributed by atoms with van der Waals surface area (Å²) in [5, 5.41) is 0. The van der Waals surface area contributed by atoms with Crippen LogP contribution in [0, 0.1) is 6.92 Å². The largest absolute Gasteiger partial charge is 0.462 e. The van der Waals surface area contributed by atoms with Crippen LogP contribution in [0.15, 0.2) is 46.8 Å². The minimum Gasteiger partial charge on any atom is -0.462 e. The number of aromatic nitrogens is 2. The Morgan fingerprint density at radius 2 is 2.29 bits per heavy atom. The van der Waals surface area contributed by atoms with Crippen LogP contribution in [0.3, 0.4) is 0 Å². The van der Waals surface area contributed by atoms with Gasteiger partial charge in [0.05, 0.1) is 18.1 Å². The van der Waals surface area contributed by atoms with Gasteiger partial charge < -0.3 is 20.2 Å². The van der Waals surface area contributed by atoms with Crippen molar-refractivity contribution in [2.24, 2.45) is 5.73 Å². The van der Waals surface area contributed by atoms with Crippen molar-refractivity contribution in [1.29, 1.82) is 0 Å². The van der Waals surface area contributed by atoms with Crippen LogP contribution in [0.4, 0.5) is 0 Å². The number of carbonyl (C=O) groups is 1. The second-order valence-electron chi connectivity index (χ2n) is 5.38. The van der Waals surface area contributed by atoms with E-state index >= 15 is 0 Å². The van der Waals surface area contributed by atoms with Gasteiger partial charge in [-0.25, -0.2) is 4.79 Å². The summed E-state index contributed by atoms with van der Waals surface area (Å²) >= 11 is 0. The number of aryl methyl sites for hydroxylation is 1. The summed E-state index contributed by atoms with van der Waals surface area (Å²) in [6.45, 7) is 3.62. The van der Waals surface area contributed by atoms with Gasteiger partial charge in [-0.2, -0.15) is 0 Å². The minimum atomic E-state index is -0.703. The molecule has 24 heavy (non-hydrogen) atoms. The summed E-state index contributed by atoms with van der Waals surface area (Å²) < 4.78 is 10.6. The lowest BCUT2D eigenvalue weighted by atomic mass is 9.84. The summed E-state index contributed by atoms with van der Waals surface area (Å²) in [4.78, 5) is 31.7. The number of aromatic amines is 1. The van der Waals surface area contributed by atoms with Gasteiger partial charge in [0, 0.05) is 24.2 Å². The normalized spacial score (nSPS) is 16.3. The molecular weight excluding hydrogens is 310 g/mol. The van der Waals surface area contributed by atoms with Crippen LogP contribution in [0.1, 0.15) is 29.7 Å². The van der Waals surface area contributed by atoms with Crippen molar-refractivity contribution in [3.8, 4) is 5.75 Å². The summed E-state index contributed by atoms with van der Waals surface area (Å²) in [5.74, 6) is -1.06. The molecule has 1 aliphatic heterocycles. The quantitative estimate of drug-likeness (QED) is 0.824. The Bertz CT molecular complexity index is 871. The smallest absolute Gasteiger partial charge is 0.340 e. The molecule has 0 amide bonds. The van der Waals surface area contributed by atoms with E-state index in [1.807, 2.05) is 0 Å². The average Bonchev–Trinajstić information content (AvgIpc) is 2.54. The molecule has 0 aromatic carbocycles. The highest BCUT2D eigenvalue weighted by molar-refractivity contribution is 5.92. The molecule has 1 aliphatic rings. The first-order chi connectivity index (χ1) is 11.5. The van der Waals surface area contributed by atoms with E-state index in [1.165, 1.54) is 0 Å². The number of nitrogens with two attached hydrogens (primary N) is 1. The molecule has 7 nitrogen and oxygen atoms in total. The summed E-state index contributed by atoms with van der Waals surface area (Å²) in [6.07, 6.45) is 3.20. The van der Waals surface area contributed by atoms with Crippen molar-refractivity contribution in [3.05, 3.63) is 69.2 Å². The van der Waals surface area contributed by atoms with Crippen LogP contribution in [-0.2, 0) is 9.53 Å². The third-order valence-corrected chi connectivity index (χ3v) is 3.74. The van der Waals surface area contributed by atoms with Gasteiger partial charge in [-0.3, -0.25) is 9.78 Å². The Labute approximate surface area is 138 Å². The third kappa shape index (κ3) is 2.64. The summed E-state index contributed by atoms with van der Waals surface area (Å²) in [5.41, 5.74) is 7.34. The van der Waals surface area contributed by atoms with Gasteiger partial charge in [-0.1, -0.05) is 6.07 Å². The van der Waals surface area contributed by atoms with Crippen LogP contribution < -0.4 is 16.0 Å². The van der Waals surface area contributed by atoms with Crippen LogP contribution in [0.5, 0.6) is 5.75 Å². The lowest BCUT2D eigenvalue weighted by Crippen LogP contribution is -2.32. The number of esters is 1. The van der Waals surface area contributed by atoms with Crippen LogP contribution in [0.25, 0.3) is 0 Å². The van der Waals surface area contributed by atoms with Gasteiger partial charge in [0.15, 0.2) is 0 Å². The van der Waals surface area contributed by atoms with E-state index < -0.39 is 11.9 Å². The first-order valence-electron chi connectivity index (χ1n) is 7.51. The number of pyridine rings is 2. The number of nitrogens with one attached hydrogen (secondary N) is 1. The van der Waals surface area contributed by atoms with E-state index in [9.17, 15) is 9.59 Å². The number of carbonyl (C=O) groups excluding carboxylic acids is 1. The number of nitrogens with zero attached hydrogens (tertiary/aromatic N) is 1. The number of hydrogen-bond acceptors (Lipinski definition) is 6. The van der Waals surface area contributed by atoms with Crippen molar-refractivity contribution in [2.75, 3.05) is 6.61 Å². The lowest BCUT2D eigenvalue weighted by molar-refractivity contribution is -0.139. The Hall–Kier alpha value is -3.09. The fourth-order valence-electron chi connectivity index (χ4n) is 2.79. The van der Waals surface area contributed by atoms with Gasteiger partial charge in [0.25, 0.3) is 5.56 Å². The third-order valence-electron chi connectivity index (χ3n) is 3.74. The molecule has 2 aromatic rings. The molecule has 0 saturated carbocycles. The number of fused-ring (bicyclic) bond motifs is 1. The maximum absolute atomic E-state index is 12.5. The van der Waals surface area contributed by atoms with Crippen molar-refractivity contribution in [3.63, 3.8) is 0 Å². The summed E-state index contributed by atoms with van der Waals surface area (Å²) in [6, 6.07) is 5.18. The fourth-order valence-corrected chi connectivity index (χ4v) is 2.79. The topological polar surface area (TPSA) is 107 Å². The molecule has 0 aliphatic carbocycles. The van der Waals surface area contributed by atoms with Gasteiger partial charge in [0.2, 0.25) is 5.88 Å². The molecule has 0 bridgehead atoms. The monoisotopic (exact) mass is 327 g/mol. The standard InChI is InChI=1S/C17H17N3O4/c1-3-23-17(22)14-12(10-5-4-6-19-8-10)13-11(24-15(14)18)7-9(2)20-16(13)21/h4-8,12H,3,18H2,1-2H3,(H,20,21). The highest BCUT2D eigenvalue weighted by Gasteiger charge is 2.37. The van der Waals surface area contributed by atoms with Gasteiger partial charge >= 0.3 is 5.97 Å². The van der Waals surface area contributed by atoms with Gasteiger partial charge in [-0.05, 0) is 25.5 Å². The molecule has 0 radical (unpaired) electrons. The first-order valence-corrected chi connectivity index (χ1v) is 7.51. The number of rotatable bonds is 3. The second kappa shape index (κ2) is 6.19. The van der Waals surface area contributed by atoms with E-state index in [-0.39, 0.29) is 23.6 Å². The highest BCUT2D eigenvalue weighted by atomic mass is 16.5. The molecule has 3 rings (SSSR count). The van der Waals surface area contributed by atoms with Crippen LogP contribution in [0.2, 0.25) is 0 Å². The van der Waals surface area contributed by atoms with Crippen LogP contribution in [-0.4, -0.2) is 22.5 Å². The molecule has 0 saturated heterocycles. The Morgan fingerprint density at radius 1 is 1.50 bits per heavy atom. The van der Waals surface area contributed by atoms with E-state index in [4.69, 9.17) is 15.2 Å². The zero-order chi connectivity index (χ0) is 17.3. The maximum Gasteiger partial charge on any atom is 0.340 e. The molecule has 1 atom stereocenters. The minimum absolute atomic E-state index is 0.0696. The number of H-pyrrole nitrogens is 1. The molecule has 0 spiro atoms. The Balaban J connectivity index is 2.26. The first kappa shape index (κ1) is 15.8. The highest BCUT2D eigenvalue weighted by Crippen LogP contribution is 2.40. The van der Waals surface area contributed by atoms with Crippen molar-refractivity contribution in [2.45, 2.75) is 19.8 Å². The SMILES string of the molecule is CCOC(=O)C1=C(N)Oc2cc(C)[nH]c(=O)c2C1c1cccnc1.